The van der Waals surface area contributed by atoms with Gasteiger partial charge >= 0.3 is 0 Å². The monoisotopic (exact) mass is 219 g/mol. The lowest BCUT2D eigenvalue weighted by Crippen LogP contribution is -2.16. The van der Waals surface area contributed by atoms with E-state index in [1.165, 1.54) is 11.3 Å². The van der Waals surface area contributed by atoms with Crippen LogP contribution in [0.1, 0.15) is 9.67 Å². The minimum atomic E-state index is -0.109. The summed E-state index contributed by atoms with van der Waals surface area (Å²) in [4.78, 5) is 20.1. The van der Waals surface area contributed by atoms with Crippen molar-refractivity contribution in [1.29, 1.82) is 0 Å². The minimum absolute atomic E-state index is 0.109. The average Bonchev–Trinajstić information content (AvgIpc) is 2.78. The third kappa shape index (κ3) is 2.02. The van der Waals surface area contributed by atoms with Gasteiger partial charge in [-0.05, 0) is 12.1 Å². The molecule has 0 radical (unpaired) electrons. The minimum Gasteiger partial charge on any atom is -0.354 e. The number of hydrogen-bond donors (Lipinski definition) is 1. The van der Waals surface area contributed by atoms with Crippen LogP contribution in [0.2, 0.25) is 0 Å². The molecule has 0 bridgehead atoms. The Hall–Kier alpha value is -1.75. The Morgan fingerprint density at radius 2 is 2.33 bits per heavy atom. The molecule has 2 aromatic heterocycles. The summed E-state index contributed by atoms with van der Waals surface area (Å²) in [6.45, 7) is 0. The first kappa shape index (κ1) is 9.79. The molecule has 0 unspecified atom stereocenters. The summed E-state index contributed by atoms with van der Waals surface area (Å²) in [7, 11) is 1.60. The van der Waals surface area contributed by atoms with E-state index >= 15 is 0 Å². The lowest BCUT2D eigenvalue weighted by atomic mass is 10.3. The third-order valence-electron chi connectivity index (χ3n) is 1.87. The Labute approximate surface area is 91.0 Å². The quantitative estimate of drug-likeness (QED) is 0.834. The van der Waals surface area contributed by atoms with Crippen molar-refractivity contribution in [3.63, 3.8) is 0 Å². The molecule has 0 spiro atoms. The van der Waals surface area contributed by atoms with Crippen LogP contribution >= 0.6 is 11.3 Å². The molecule has 5 heteroatoms. The molecule has 0 aliphatic heterocycles. The highest BCUT2D eigenvalue weighted by atomic mass is 32.1. The van der Waals surface area contributed by atoms with Crippen LogP contribution < -0.4 is 5.32 Å². The van der Waals surface area contributed by atoms with Gasteiger partial charge in [-0.25, -0.2) is 4.98 Å². The van der Waals surface area contributed by atoms with Crippen LogP contribution in [0.25, 0.3) is 10.6 Å². The third-order valence-corrected chi connectivity index (χ3v) is 2.91. The Kier molecular flexibility index (Phi) is 2.73. The molecule has 1 N–H and O–H groups in total. The number of thiazole rings is 1. The number of amides is 1. The van der Waals surface area contributed by atoms with Gasteiger partial charge < -0.3 is 5.32 Å². The molecule has 2 heterocycles. The van der Waals surface area contributed by atoms with Crippen molar-refractivity contribution in [1.82, 2.24) is 15.3 Å². The van der Waals surface area contributed by atoms with E-state index in [2.05, 4.69) is 15.3 Å². The first-order valence-corrected chi connectivity index (χ1v) is 5.21. The molecular weight excluding hydrogens is 210 g/mol. The fourth-order valence-corrected chi connectivity index (χ4v) is 1.98. The second-order valence-corrected chi connectivity index (χ2v) is 3.88. The van der Waals surface area contributed by atoms with Gasteiger partial charge in [0.25, 0.3) is 5.91 Å². The number of aromatic nitrogens is 2. The number of carbonyl (C=O) groups excluding carboxylic acids is 1. The van der Waals surface area contributed by atoms with E-state index in [1.54, 1.807) is 25.6 Å². The number of hydrogen-bond acceptors (Lipinski definition) is 4. The summed E-state index contributed by atoms with van der Waals surface area (Å²) in [6.07, 6.45) is 5.01. The van der Waals surface area contributed by atoms with Gasteiger partial charge in [-0.1, -0.05) is 0 Å². The van der Waals surface area contributed by atoms with Gasteiger partial charge in [0.2, 0.25) is 0 Å². The molecule has 0 atom stereocenters. The van der Waals surface area contributed by atoms with E-state index in [0.29, 0.717) is 4.88 Å². The SMILES string of the molecule is CNC(=O)c1cnc(-c2cccnc2)s1. The van der Waals surface area contributed by atoms with Crippen molar-refractivity contribution in [3.8, 4) is 10.6 Å². The lowest BCUT2D eigenvalue weighted by molar-refractivity contribution is 0.0967. The van der Waals surface area contributed by atoms with Crippen molar-refractivity contribution in [2.75, 3.05) is 7.05 Å². The number of pyridine rings is 1. The Balaban J connectivity index is 2.32. The zero-order chi connectivity index (χ0) is 10.7. The van der Waals surface area contributed by atoms with E-state index in [4.69, 9.17) is 0 Å². The molecule has 2 aromatic rings. The zero-order valence-corrected chi connectivity index (χ0v) is 8.91. The molecule has 15 heavy (non-hydrogen) atoms. The summed E-state index contributed by atoms with van der Waals surface area (Å²) >= 11 is 1.36. The maximum absolute atomic E-state index is 11.3. The van der Waals surface area contributed by atoms with Gasteiger partial charge in [0.05, 0.1) is 6.20 Å². The van der Waals surface area contributed by atoms with Crippen molar-refractivity contribution in [3.05, 3.63) is 35.6 Å². The van der Waals surface area contributed by atoms with Crippen molar-refractivity contribution in [2.24, 2.45) is 0 Å². The Morgan fingerprint density at radius 1 is 1.47 bits per heavy atom. The second kappa shape index (κ2) is 4.18. The molecular formula is C10H9N3OS. The normalized spacial score (nSPS) is 9.93. The highest BCUT2D eigenvalue weighted by Gasteiger charge is 2.09. The standard InChI is InChI=1S/C10H9N3OS/c1-11-9(14)8-6-13-10(15-8)7-3-2-4-12-5-7/h2-6H,1H3,(H,11,14). The predicted octanol–water partition coefficient (Wildman–Crippen LogP) is 1.56. The predicted molar refractivity (Wildman–Crippen MR) is 58.7 cm³/mol. The molecule has 0 saturated carbocycles. The van der Waals surface area contributed by atoms with E-state index in [1.807, 2.05) is 12.1 Å². The Morgan fingerprint density at radius 3 is 3.00 bits per heavy atom. The molecule has 76 valence electrons. The number of nitrogens with one attached hydrogen (secondary N) is 1. The molecule has 0 saturated heterocycles. The smallest absolute Gasteiger partial charge is 0.262 e. The van der Waals surface area contributed by atoms with Gasteiger partial charge in [0, 0.05) is 25.0 Å². The molecule has 0 aromatic carbocycles. The first-order valence-electron chi connectivity index (χ1n) is 4.39. The fraction of sp³-hybridized carbons (Fsp3) is 0.100. The molecule has 1 amide bonds. The van der Waals surface area contributed by atoms with Crippen LogP contribution in [0, 0.1) is 0 Å². The summed E-state index contributed by atoms with van der Waals surface area (Å²) in [6, 6.07) is 3.76. The van der Waals surface area contributed by atoms with Gasteiger partial charge in [0.1, 0.15) is 9.88 Å². The molecule has 0 aliphatic carbocycles. The van der Waals surface area contributed by atoms with Gasteiger partial charge in [-0.3, -0.25) is 9.78 Å². The van der Waals surface area contributed by atoms with Crippen LogP contribution in [0.4, 0.5) is 0 Å². The maximum Gasteiger partial charge on any atom is 0.262 e. The molecule has 2 rings (SSSR count). The van der Waals surface area contributed by atoms with Crippen molar-refractivity contribution < 1.29 is 4.79 Å². The second-order valence-electron chi connectivity index (χ2n) is 2.85. The first-order chi connectivity index (χ1) is 7.31. The van der Waals surface area contributed by atoms with E-state index in [0.717, 1.165) is 10.6 Å². The number of nitrogens with zero attached hydrogens (tertiary/aromatic N) is 2. The van der Waals surface area contributed by atoms with Crippen molar-refractivity contribution in [2.45, 2.75) is 0 Å². The maximum atomic E-state index is 11.3. The lowest BCUT2D eigenvalue weighted by Gasteiger charge is -1.93. The average molecular weight is 219 g/mol. The fourth-order valence-electron chi connectivity index (χ4n) is 1.13. The molecule has 0 aliphatic rings. The summed E-state index contributed by atoms with van der Waals surface area (Å²) in [5.74, 6) is -0.109. The topological polar surface area (TPSA) is 54.9 Å². The summed E-state index contributed by atoms with van der Waals surface area (Å²) in [5, 5.41) is 3.37. The van der Waals surface area contributed by atoms with Crippen molar-refractivity contribution >= 4 is 17.2 Å². The van der Waals surface area contributed by atoms with Crippen LogP contribution in [0.15, 0.2) is 30.7 Å². The van der Waals surface area contributed by atoms with Gasteiger partial charge in [-0.15, -0.1) is 11.3 Å². The van der Waals surface area contributed by atoms with Crippen LogP contribution in [0.3, 0.4) is 0 Å². The van der Waals surface area contributed by atoms with Crippen LogP contribution in [-0.4, -0.2) is 22.9 Å². The molecule has 0 fully saturated rings. The number of carbonyl (C=O) groups is 1. The van der Waals surface area contributed by atoms with Crippen LogP contribution in [-0.2, 0) is 0 Å². The van der Waals surface area contributed by atoms with Gasteiger partial charge in [-0.2, -0.15) is 0 Å². The zero-order valence-electron chi connectivity index (χ0n) is 8.10. The van der Waals surface area contributed by atoms with E-state index < -0.39 is 0 Å². The summed E-state index contributed by atoms with van der Waals surface area (Å²) in [5.41, 5.74) is 0.928. The largest absolute Gasteiger partial charge is 0.354 e. The Bertz CT molecular complexity index is 467. The summed E-state index contributed by atoms with van der Waals surface area (Å²) < 4.78 is 0. The van der Waals surface area contributed by atoms with E-state index in [9.17, 15) is 4.79 Å². The highest BCUT2D eigenvalue weighted by Crippen LogP contribution is 2.23. The number of rotatable bonds is 2. The highest BCUT2D eigenvalue weighted by molar-refractivity contribution is 7.16. The molecule has 4 nitrogen and oxygen atoms in total. The van der Waals surface area contributed by atoms with Crippen LogP contribution in [0.5, 0.6) is 0 Å². The van der Waals surface area contributed by atoms with Gasteiger partial charge in [0.15, 0.2) is 0 Å². The van der Waals surface area contributed by atoms with E-state index in [-0.39, 0.29) is 5.91 Å².